The average molecular weight is 337 g/mol. The first-order valence-electron chi connectivity index (χ1n) is 8.31. The summed E-state index contributed by atoms with van der Waals surface area (Å²) in [6.45, 7) is 0.682. The quantitative estimate of drug-likeness (QED) is 0.637. The van der Waals surface area contributed by atoms with Crippen LogP contribution in [-0.2, 0) is 13.0 Å². The fourth-order valence-electron chi connectivity index (χ4n) is 3.02. The Morgan fingerprint density at radius 2 is 2.08 bits per heavy atom. The average Bonchev–Trinajstić information content (AvgIpc) is 3.16. The molecule has 3 aromatic rings. The Labute approximate surface area is 145 Å². The molecule has 0 radical (unpaired) electrons. The van der Waals surface area contributed by atoms with E-state index in [-0.39, 0.29) is 5.78 Å². The largest absolute Gasteiger partial charge is 0.341 e. The smallest absolute Gasteiger partial charge is 0.186 e. The van der Waals surface area contributed by atoms with Crippen molar-refractivity contribution in [1.29, 1.82) is 0 Å². The number of thiazole rings is 1. The van der Waals surface area contributed by atoms with Gasteiger partial charge in [-0.3, -0.25) is 9.78 Å². The highest BCUT2D eigenvalue weighted by Crippen LogP contribution is 2.36. The van der Waals surface area contributed by atoms with Gasteiger partial charge >= 0.3 is 0 Å². The van der Waals surface area contributed by atoms with Gasteiger partial charge in [0.2, 0.25) is 0 Å². The summed E-state index contributed by atoms with van der Waals surface area (Å²) in [5.74, 6) is 0.754. The van der Waals surface area contributed by atoms with Crippen molar-refractivity contribution < 1.29 is 4.79 Å². The molecule has 0 bridgehead atoms. The van der Waals surface area contributed by atoms with Gasteiger partial charge in [-0.1, -0.05) is 6.42 Å². The van der Waals surface area contributed by atoms with Crippen molar-refractivity contribution in [2.45, 2.75) is 38.1 Å². The fraction of sp³-hybridized carbons (Fsp3) is 0.316. The molecule has 3 heterocycles. The lowest BCUT2D eigenvalue weighted by molar-refractivity contribution is 0.0984. The number of ketones is 1. The second kappa shape index (κ2) is 6.69. The molecule has 1 fully saturated rings. The molecule has 1 aliphatic carbocycles. The van der Waals surface area contributed by atoms with Crippen LogP contribution in [-0.4, -0.2) is 20.3 Å². The lowest BCUT2D eigenvalue weighted by Crippen LogP contribution is -2.12. The SMILES string of the molecule is O=C(Cc1nc(C2CCC2)cs1)c1cccn1Cc1ccncc1. The van der Waals surface area contributed by atoms with Gasteiger partial charge in [0.15, 0.2) is 5.78 Å². The first kappa shape index (κ1) is 15.3. The third-order valence-electron chi connectivity index (χ3n) is 4.62. The minimum Gasteiger partial charge on any atom is -0.341 e. The van der Waals surface area contributed by atoms with Crippen molar-refractivity contribution in [3.05, 3.63) is 70.2 Å². The van der Waals surface area contributed by atoms with Crippen molar-refractivity contribution in [2.24, 2.45) is 0 Å². The van der Waals surface area contributed by atoms with Crippen LogP contribution in [0.3, 0.4) is 0 Å². The summed E-state index contributed by atoms with van der Waals surface area (Å²) >= 11 is 1.61. The number of nitrogens with zero attached hydrogens (tertiary/aromatic N) is 3. The van der Waals surface area contributed by atoms with E-state index < -0.39 is 0 Å². The summed E-state index contributed by atoms with van der Waals surface area (Å²) in [7, 11) is 0. The molecule has 0 saturated heterocycles. The molecule has 3 aromatic heterocycles. The predicted octanol–water partition coefficient (Wildman–Crippen LogP) is 4.08. The van der Waals surface area contributed by atoms with Crippen LogP contribution in [0.15, 0.2) is 48.2 Å². The summed E-state index contributed by atoms with van der Waals surface area (Å²) in [6, 6.07) is 7.76. The van der Waals surface area contributed by atoms with Crippen LogP contribution in [0.5, 0.6) is 0 Å². The number of Topliss-reactive ketones (excluding diaryl/α,β-unsaturated/α-hetero) is 1. The Morgan fingerprint density at radius 1 is 1.25 bits per heavy atom. The van der Waals surface area contributed by atoms with E-state index in [4.69, 9.17) is 0 Å². The zero-order valence-corrected chi connectivity index (χ0v) is 14.2. The van der Waals surface area contributed by atoms with Crippen LogP contribution in [0.1, 0.15) is 51.9 Å². The van der Waals surface area contributed by atoms with Gasteiger partial charge in [0.1, 0.15) is 5.01 Å². The molecule has 24 heavy (non-hydrogen) atoms. The standard InChI is InChI=1S/C19H19N3OS/c23-18(11-19-21-16(13-24-19)15-3-1-4-15)17-5-2-10-22(17)12-14-6-8-20-9-7-14/h2,5-10,13,15H,1,3-4,11-12H2. The summed E-state index contributed by atoms with van der Waals surface area (Å²) in [5, 5.41) is 3.06. The van der Waals surface area contributed by atoms with Crippen LogP contribution in [0.2, 0.25) is 0 Å². The lowest BCUT2D eigenvalue weighted by atomic mass is 9.83. The molecule has 0 spiro atoms. The molecule has 0 atom stereocenters. The summed E-state index contributed by atoms with van der Waals surface area (Å²) in [6.07, 6.45) is 9.68. The molecule has 0 N–H and O–H groups in total. The van der Waals surface area contributed by atoms with Crippen molar-refractivity contribution >= 4 is 17.1 Å². The van der Waals surface area contributed by atoms with Gasteiger partial charge in [-0.25, -0.2) is 4.98 Å². The molecule has 122 valence electrons. The van der Waals surface area contributed by atoms with E-state index in [0.29, 0.717) is 18.9 Å². The van der Waals surface area contributed by atoms with E-state index in [1.807, 2.05) is 35.0 Å². The molecule has 4 nitrogen and oxygen atoms in total. The molecule has 0 amide bonds. The topological polar surface area (TPSA) is 47.8 Å². The number of hydrogen-bond donors (Lipinski definition) is 0. The number of aromatic nitrogens is 3. The van der Waals surface area contributed by atoms with E-state index in [0.717, 1.165) is 16.3 Å². The minimum absolute atomic E-state index is 0.128. The van der Waals surface area contributed by atoms with Gasteiger partial charge in [-0.2, -0.15) is 0 Å². The second-order valence-electron chi connectivity index (χ2n) is 6.27. The molecule has 4 rings (SSSR count). The molecule has 0 unspecified atom stereocenters. The molecule has 5 heteroatoms. The Balaban J connectivity index is 1.46. The highest BCUT2D eigenvalue weighted by molar-refractivity contribution is 7.09. The van der Waals surface area contributed by atoms with E-state index >= 15 is 0 Å². The van der Waals surface area contributed by atoms with E-state index in [1.165, 1.54) is 25.0 Å². The number of carbonyl (C=O) groups is 1. The maximum Gasteiger partial charge on any atom is 0.186 e. The Morgan fingerprint density at radius 3 is 2.83 bits per heavy atom. The number of carbonyl (C=O) groups excluding carboxylic acids is 1. The van der Waals surface area contributed by atoms with Crippen LogP contribution in [0, 0.1) is 0 Å². The maximum absolute atomic E-state index is 12.7. The molecule has 0 aromatic carbocycles. The highest BCUT2D eigenvalue weighted by atomic mass is 32.1. The highest BCUT2D eigenvalue weighted by Gasteiger charge is 2.22. The molecular weight excluding hydrogens is 318 g/mol. The number of hydrogen-bond acceptors (Lipinski definition) is 4. The van der Waals surface area contributed by atoms with Crippen LogP contribution in [0.4, 0.5) is 0 Å². The Kier molecular flexibility index (Phi) is 4.26. The first-order chi connectivity index (χ1) is 11.8. The summed E-state index contributed by atoms with van der Waals surface area (Å²) in [5.41, 5.74) is 3.06. The van der Waals surface area contributed by atoms with Crippen molar-refractivity contribution in [2.75, 3.05) is 0 Å². The van der Waals surface area contributed by atoms with Gasteiger partial charge in [-0.15, -0.1) is 11.3 Å². The maximum atomic E-state index is 12.7. The van der Waals surface area contributed by atoms with Crippen molar-refractivity contribution in [3.63, 3.8) is 0 Å². The van der Waals surface area contributed by atoms with Gasteiger partial charge in [-0.05, 0) is 42.7 Å². The minimum atomic E-state index is 0.128. The summed E-state index contributed by atoms with van der Waals surface area (Å²) in [4.78, 5) is 21.4. The van der Waals surface area contributed by atoms with Gasteiger partial charge in [0, 0.05) is 36.4 Å². The van der Waals surface area contributed by atoms with Gasteiger partial charge < -0.3 is 4.57 Å². The molecular formula is C19H19N3OS. The zero-order valence-electron chi connectivity index (χ0n) is 13.4. The van der Waals surface area contributed by atoms with E-state index in [1.54, 1.807) is 23.7 Å². The third-order valence-corrected chi connectivity index (χ3v) is 5.49. The Hall–Kier alpha value is -2.27. The molecule has 1 aliphatic rings. The van der Waals surface area contributed by atoms with E-state index in [2.05, 4.69) is 15.3 Å². The summed E-state index contributed by atoms with van der Waals surface area (Å²) < 4.78 is 2.00. The monoisotopic (exact) mass is 337 g/mol. The zero-order chi connectivity index (χ0) is 16.4. The van der Waals surface area contributed by atoms with Gasteiger partial charge in [0.25, 0.3) is 0 Å². The van der Waals surface area contributed by atoms with Crippen LogP contribution >= 0.6 is 11.3 Å². The molecule has 0 aliphatic heterocycles. The van der Waals surface area contributed by atoms with E-state index in [9.17, 15) is 4.79 Å². The number of rotatable bonds is 6. The lowest BCUT2D eigenvalue weighted by Gasteiger charge is -2.22. The van der Waals surface area contributed by atoms with Crippen LogP contribution < -0.4 is 0 Å². The second-order valence-corrected chi connectivity index (χ2v) is 7.21. The first-order valence-corrected chi connectivity index (χ1v) is 9.19. The Bertz CT molecular complexity index is 833. The normalized spacial score (nSPS) is 14.5. The fourth-order valence-corrected chi connectivity index (χ4v) is 3.89. The van der Waals surface area contributed by atoms with Crippen LogP contribution in [0.25, 0.3) is 0 Å². The predicted molar refractivity (Wildman–Crippen MR) is 94.5 cm³/mol. The molecule has 1 saturated carbocycles. The van der Waals surface area contributed by atoms with Crippen molar-refractivity contribution in [1.82, 2.24) is 14.5 Å². The van der Waals surface area contributed by atoms with Gasteiger partial charge in [0.05, 0.1) is 17.8 Å². The third kappa shape index (κ3) is 3.17. The number of pyridine rings is 1. The van der Waals surface area contributed by atoms with Crippen molar-refractivity contribution in [3.8, 4) is 0 Å².